The molecule has 57 heavy (non-hydrogen) atoms. The molecule has 1 spiro atoms. The predicted molar refractivity (Wildman–Crippen MR) is 237 cm³/mol. The minimum atomic E-state index is -0.407. The minimum absolute atomic E-state index is 0.407. The van der Waals surface area contributed by atoms with Gasteiger partial charge in [-0.1, -0.05) is 146 Å². The molecular formula is C55H40N2. The molecule has 0 saturated carbocycles. The lowest BCUT2D eigenvalue weighted by Crippen LogP contribution is -2.27. The van der Waals surface area contributed by atoms with Gasteiger partial charge in [0, 0.05) is 41.4 Å². The van der Waals surface area contributed by atoms with Crippen LogP contribution in [0.3, 0.4) is 0 Å². The van der Waals surface area contributed by atoms with E-state index in [0.29, 0.717) is 0 Å². The van der Waals surface area contributed by atoms with Crippen LogP contribution in [0.2, 0.25) is 0 Å². The van der Waals surface area contributed by atoms with Crippen LogP contribution in [0.1, 0.15) is 56.5 Å². The molecule has 0 fully saturated rings. The molecule has 0 unspecified atom stereocenters. The summed E-state index contributed by atoms with van der Waals surface area (Å²) in [4.78, 5) is 4.96. The van der Waals surface area contributed by atoms with Crippen molar-refractivity contribution in [3.05, 3.63) is 232 Å². The third kappa shape index (κ3) is 4.77. The Labute approximate surface area is 334 Å². The maximum Gasteiger partial charge on any atom is 0.0726 e. The van der Waals surface area contributed by atoms with Crippen molar-refractivity contribution in [3.8, 4) is 22.3 Å². The Balaban J connectivity index is 0.956. The van der Waals surface area contributed by atoms with Crippen molar-refractivity contribution in [2.24, 2.45) is 0 Å². The molecule has 0 bridgehead atoms. The summed E-state index contributed by atoms with van der Waals surface area (Å²) in [5, 5.41) is 0. The normalized spacial score (nSPS) is 15.1. The second-order valence-corrected chi connectivity index (χ2v) is 16.0. The first-order valence-corrected chi connectivity index (χ1v) is 20.3. The molecule has 0 radical (unpaired) electrons. The highest BCUT2D eigenvalue weighted by Gasteiger charge is 2.51. The zero-order valence-electron chi connectivity index (χ0n) is 31.7. The maximum atomic E-state index is 2.55. The Morgan fingerprint density at radius 2 is 0.912 bits per heavy atom. The van der Waals surface area contributed by atoms with E-state index in [1.165, 1.54) is 101 Å². The molecule has 12 rings (SSSR count). The molecule has 2 nitrogen and oxygen atoms in total. The summed E-state index contributed by atoms with van der Waals surface area (Å²) in [6, 6.07) is 68.2. The summed E-state index contributed by atoms with van der Waals surface area (Å²) in [5.74, 6) is 0. The van der Waals surface area contributed by atoms with E-state index >= 15 is 0 Å². The second kappa shape index (κ2) is 12.6. The molecule has 0 amide bonds. The molecule has 0 saturated heterocycles. The maximum absolute atomic E-state index is 2.55. The van der Waals surface area contributed by atoms with E-state index in [1.807, 2.05) is 0 Å². The number of para-hydroxylation sites is 3. The second-order valence-electron chi connectivity index (χ2n) is 16.0. The van der Waals surface area contributed by atoms with Gasteiger partial charge in [-0.25, -0.2) is 0 Å². The SMILES string of the molecule is C(=Cc1ccc2c(c1)C1(c3ccccc3-c3ccccc31)c1cc(N3CCCc4ccccc43)ccc1-2)c1ccc(N2c3ccccc3Cc3ccccc32)cc1. The number of fused-ring (bicyclic) bond motifs is 13. The van der Waals surface area contributed by atoms with Crippen LogP contribution in [0.5, 0.6) is 0 Å². The van der Waals surface area contributed by atoms with Gasteiger partial charge in [0.25, 0.3) is 0 Å². The van der Waals surface area contributed by atoms with E-state index < -0.39 is 5.41 Å². The predicted octanol–water partition coefficient (Wildman–Crippen LogP) is 13.7. The number of hydrogen-bond acceptors (Lipinski definition) is 2. The molecule has 0 atom stereocenters. The summed E-state index contributed by atoms with van der Waals surface area (Å²) in [6.07, 6.45) is 7.81. The summed E-state index contributed by atoms with van der Waals surface area (Å²) in [5.41, 5.74) is 23.3. The third-order valence-corrected chi connectivity index (χ3v) is 13.0. The summed E-state index contributed by atoms with van der Waals surface area (Å²) < 4.78 is 0. The molecular weight excluding hydrogens is 689 g/mol. The van der Waals surface area contributed by atoms with Crippen molar-refractivity contribution >= 4 is 40.6 Å². The molecule has 4 aliphatic rings. The van der Waals surface area contributed by atoms with Gasteiger partial charge in [0.1, 0.15) is 0 Å². The zero-order valence-corrected chi connectivity index (χ0v) is 31.7. The lowest BCUT2D eigenvalue weighted by molar-refractivity contribution is 0.762. The van der Waals surface area contributed by atoms with Crippen LogP contribution in [0.4, 0.5) is 28.4 Å². The summed E-state index contributed by atoms with van der Waals surface area (Å²) in [7, 11) is 0. The van der Waals surface area contributed by atoms with Gasteiger partial charge < -0.3 is 9.80 Å². The average Bonchev–Trinajstić information content (AvgIpc) is 3.74. The van der Waals surface area contributed by atoms with Crippen molar-refractivity contribution in [3.63, 3.8) is 0 Å². The monoisotopic (exact) mass is 728 g/mol. The molecule has 0 N–H and O–H groups in total. The average molecular weight is 729 g/mol. The van der Waals surface area contributed by atoms with Gasteiger partial charge in [0.05, 0.1) is 5.41 Å². The Kier molecular flexibility index (Phi) is 7.13. The molecule has 2 aliphatic carbocycles. The van der Waals surface area contributed by atoms with E-state index in [2.05, 4.69) is 204 Å². The van der Waals surface area contributed by atoms with E-state index in [0.717, 1.165) is 25.8 Å². The van der Waals surface area contributed by atoms with Gasteiger partial charge in [-0.2, -0.15) is 0 Å². The van der Waals surface area contributed by atoms with Crippen LogP contribution in [0.25, 0.3) is 34.4 Å². The van der Waals surface area contributed by atoms with Crippen LogP contribution in [0, 0.1) is 0 Å². The van der Waals surface area contributed by atoms with Crippen LogP contribution in [-0.2, 0) is 18.3 Å². The Bertz CT molecular complexity index is 2840. The standard InChI is InChI=1S/C55H40N2/c1-8-20-52-39(12-1)15-11-33-56(52)43-30-32-47-46-31-27-38(34-50(46)55(51(47)36-43)48-18-6-4-16-44(48)45-17-5-7-19-49(45)55)24-23-37-25-28-42(29-26-37)57-53-21-9-2-13-40(53)35-41-14-3-10-22-54(41)57/h1-10,12-14,16-32,34,36H,11,15,33,35H2. The van der Waals surface area contributed by atoms with Gasteiger partial charge in [-0.3, -0.25) is 0 Å². The number of hydrogen-bond donors (Lipinski definition) is 0. The van der Waals surface area contributed by atoms with Crippen molar-refractivity contribution in [1.29, 1.82) is 0 Å². The number of rotatable bonds is 4. The molecule has 270 valence electrons. The molecule has 2 aliphatic heterocycles. The molecule has 8 aromatic carbocycles. The lowest BCUT2D eigenvalue weighted by Gasteiger charge is -2.34. The molecule has 8 aromatic rings. The first kappa shape index (κ1) is 32.4. The molecule has 2 heteroatoms. The first-order chi connectivity index (χ1) is 28.3. The minimum Gasteiger partial charge on any atom is -0.341 e. The highest BCUT2D eigenvalue weighted by molar-refractivity contribution is 5.96. The Hall–Kier alpha value is -6.90. The molecule has 2 heterocycles. The van der Waals surface area contributed by atoms with Crippen molar-refractivity contribution < 1.29 is 0 Å². The Morgan fingerprint density at radius 3 is 1.61 bits per heavy atom. The highest BCUT2D eigenvalue weighted by atomic mass is 15.2. The van der Waals surface area contributed by atoms with Crippen LogP contribution < -0.4 is 9.80 Å². The Morgan fingerprint density at radius 1 is 0.404 bits per heavy atom. The van der Waals surface area contributed by atoms with Gasteiger partial charge >= 0.3 is 0 Å². The van der Waals surface area contributed by atoms with Crippen LogP contribution in [-0.4, -0.2) is 6.54 Å². The van der Waals surface area contributed by atoms with E-state index in [1.54, 1.807) is 0 Å². The summed E-state index contributed by atoms with van der Waals surface area (Å²) >= 11 is 0. The number of anilines is 5. The summed E-state index contributed by atoms with van der Waals surface area (Å²) in [6.45, 7) is 1.03. The lowest BCUT2D eigenvalue weighted by atomic mass is 9.70. The van der Waals surface area contributed by atoms with E-state index in [4.69, 9.17) is 0 Å². The van der Waals surface area contributed by atoms with Crippen LogP contribution >= 0.6 is 0 Å². The van der Waals surface area contributed by atoms with E-state index in [9.17, 15) is 0 Å². The number of nitrogens with zero attached hydrogens (tertiary/aromatic N) is 2. The van der Waals surface area contributed by atoms with Gasteiger partial charge in [0.2, 0.25) is 0 Å². The van der Waals surface area contributed by atoms with Gasteiger partial charge in [-0.05, 0) is 134 Å². The van der Waals surface area contributed by atoms with Crippen LogP contribution in [0.15, 0.2) is 182 Å². The van der Waals surface area contributed by atoms with Gasteiger partial charge in [-0.15, -0.1) is 0 Å². The fourth-order valence-electron chi connectivity index (χ4n) is 10.5. The zero-order chi connectivity index (χ0) is 37.5. The smallest absolute Gasteiger partial charge is 0.0726 e. The van der Waals surface area contributed by atoms with Crippen molar-refractivity contribution in [1.82, 2.24) is 0 Å². The fourth-order valence-corrected chi connectivity index (χ4v) is 10.5. The third-order valence-electron chi connectivity index (χ3n) is 13.0. The molecule has 0 aromatic heterocycles. The fraction of sp³-hybridized carbons (Fsp3) is 0.0909. The topological polar surface area (TPSA) is 6.48 Å². The van der Waals surface area contributed by atoms with Crippen molar-refractivity contribution in [2.75, 3.05) is 16.3 Å². The highest BCUT2D eigenvalue weighted by Crippen LogP contribution is 2.63. The van der Waals surface area contributed by atoms with E-state index in [-0.39, 0.29) is 0 Å². The first-order valence-electron chi connectivity index (χ1n) is 20.3. The van der Waals surface area contributed by atoms with Crippen molar-refractivity contribution in [2.45, 2.75) is 24.7 Å². The number of benzene rings is 8. The largest absolute Gasteiger partial charge is 0.341 e. The van der Waals surface area contributed by atoms with Gasteiger partial charge in [0.15, 0.2) is 0 Å². The quantitative estimate of drug-likeness (QED) is 0.167. The number of aryl methyl sites for hydroxylation is 1.